The maximum absolute atomic E-state index is 10.4. The van der Waals surface area contributed by atoms with E-state index in [0.29, 0.717) is 11.4 Å². The number of carboxylic acids is 1. The molecule has 0 fully saturated rings. The SMILES string of the molecule is O=C(O)CCc1cnc2cc(Cl)ccn12. The number of hydrogen-bond donors (Lipinski definition) is 1. The van der Waals surface area contributed by atoms with Gasteiger partial charge in [0.15, 0.2) is 0 Å². The van der Waals surface area contributed by atoms with Gasteiger partial charge >= 0.3 is 5.97 Å². The summed E-state index contributed by atoms with van der Waals surface area (Å²) in [7, 11) is 0. The number of pyridine rings is 1. The minimum Gasteiger partial charge on any atom is -0.481 e. The summed E-state index contributed by atoms with van der Waals surface area (Å²) in [5, 5.41) is 9.20. The summed E-state index contributed by atoms with van der Waals surface area (Å²) in [4.78, 5) is 14.6. The second-order valence-corrected chi connectivity index (χ2v) is 3.65. The number of fused-ring (bicyclic) bond motifs is 1. The van der Waals surface area contributed by atoms with Crippen molar-refractivity contribution in [3.63, 3.8) is 0 Å². The zero-order valence-corrected chi connectivity index (χ0v) is 8.61. The molecule has 0 saturated heterocycles. The van der Waals surface area contributed by atoms with E-state index in [4.69, 9.17) is 16.7 Å². The van der Waals surface area contributed by atoms with Gasteiger partial charge in [-0.05, 0) is 12.1 Å². The van der Waals surface area contributed by atoms with Gasteiger partial charge in [-0.1, -0.05) is 11.6 Å². The second kappa shape index (κ2) is 3.90. The van der Waals surface area contributed by atoms with Crippen molar-refractivity contribution in [2.75, 3.05) is 0 Å². The Labute approximate surface area is 91.1 Å². The van der Waals surface area contributed by atoms with Crippen molar-refractivity contribution in [1.29, 1.82) is 0 Å². The van der Waals surface area contributed by atoms with E-state index in [1.807, 2.05) is 4.40 Å². The van der Waals surface area contributed by atoms with Gasteiger partial charge in [0.25, 0.3) is 0 Å². The highest BCUT2D eigenvalue weighted by molar-refractivity contribution is 6.30. The van der Waals surface area contributed by atoms with Crippen molar-refractivity contribution in [2.45, 2.75) is 12.8 Å². The maximum atomic E-state index is 10.4. The zero-order chi connectivity index (χ0) is 10.8. The average molecular weight is 225 g/mol. The molecule has 4 nitrogen and oxygen atoms in total. The Kier molecular flexibility index (Phi) is 2.60. The molecule has 0 bridgehead atoms. The Bertz CT molecular complexity index is 507. The molecule has 0 aliphatic carbocycles. The molecule has 2 aromatic rings. The van der Waals surface area contributed by atoms with Crippen LogP contribution in [0, 0.1) is 0 Å². The number of carboxylic acid groups (broad SMARTS) is 1. The van der Waals surface area contributed by atoms with Crippen LogP contribution in [-0.2, 0) is 11.2 Å². The molecular formula is C10H9ClN2O2. The number of carbonyl (C=O) groups is 1. The summed E-state index contributed by atoms with van der Waals surface area (Å²) in [6.07, 6.45) is 4.05. The van der Waals surface area contributed by atoms with Gasteiger partial charge in [-0.3, -0.25) is 4.79 Å². The van der Waals surface area contributed by atoms with Crippen LogP contribution in [0.3, 0.4) is 0 Å². The molecule has 0 saturated carbocycles. The average Bonchev–Trinajstić information content (AvgIpc) is 2.57. The van der Waals surface area contributed by atoms with Crippen LogP contribution in [-0.4, -0.2) is 20.5 Å². The minimum atomic E-state index is -0.807. The summed E-state index contributed by atoms with van der Waals surface area (Å²) in [6, 6.07) is 3.49. The molecule has 0 aliphatic rings. The molecule has 2 rings (SSSR count). The molecule has 0 amide bonds. The summed E-state index contributed by atoms with van der Waals surface area (Å²) in [5.74, 6) is -0.807. The van der Waals surface area contributed by atoms with E-state index in [1.54, 1.807) is 24.5 Å². The first kappa shape index (κ1) is 9.98. The number of aromatic nitrogens is 2. The highest BCUT2D eigenvalue weighted by Crippen LogP contribution is 2.14. The third-order valence-electron chi connectivity index (χ3n) is 2.15. The van der Waals surface area contributed by atoms with Crippen LogP contribution in [0.15, 0.2) is 24.5 Å². The van der Waals surface area contributed by atoms with Gasteiger partial charge in [-0.15, -0.1) is 0 Å². The van der Waals surface area contributed by atoms with E-state index in [1.165, 1.54) is 0 Å². The second-order valence-electron chi connectivity index (χ2n) is 3.22. The highest BCUT2D eigenvalue weighted by atomic mass is 35.5. The lowest BCUT2D eigenvalue weighted by Gasteiger charge is -1.99. The predicted molar refractivity (Wildman–Crippen MR) is 56.2 cm³/mol. The third kappa shape index (κ3) is 2.10. The van der Waals surface area contributed by atoms with Gasteiger partial charge in [-0.2, -0.15) is 0 Å². The molecule has 2 heterocycles. The van der Waals surface area contributed by atoms with Crippen molar-refractivity contribution in [3.8, 4) is 0 Å². The normalized spacial score (nSPS) is 10.7. The Morgan fingerprint density at radius 3 is 3.13 bits per heavy atom. The van der Waals surface area contributed by atoms with Crippen molar-refractivity contribution in [2.24, 2.45) is 0 Å². The van der Waals surface area contributed by atoms with Crippen molar-refractivity contribution in [1.82, 2.24) is 9.38 Å². The smallest absolute Gasteiger partial charge is 0.303 e. The van der Waals surface area contributed by atoms with Crippen LogP contribution in [0.4, 0.5) is 0 Å². The lowest BCUT2D eigenvalue weighted by Crippen LogP contribution is -1.99. The Hall–Kier alpha value is -1.55. The van der Waals surface area contributed by atoms with Crippen LogP contribution >= 0.6 is 11.6 Å². The number of aliphatic carboxylic acids is 1. The fraction of sp³-hybridized carbons (Fsp3) is 0.200. The summed E-state index contributed by atoms with van der Waals surface area (Å²) in [5.41, 5.74) is 1.62. The van der Waals surface area contributed by atoms with E-state index in [0.717, 1.165) is 11.3 Å². The first-order valence-electron chi connectivity index (χ1n) is 4.50. The van der Waals surface area contributed by atoms with E-state index in [9.17, 15) is 4.79 Å². The lowest BCUT2D eigenvalue weighted by molar-refractivity contribution is -0.136. The summed E-state index contributed by atoms with van der Waals surface area (Å²) < 4.78 is 1.84. The van der Waals surface area contributed by atoms with Gasteiger partial charge in [0, 0.05) is 29.5 Å². The van der Waals surface area contributed by atoms with Crippen LogP contribution in [0.1, 0.15) is 12.1 Å². The van der Waals surface area contributed by atoms with Crippen molar-refractivity contribution < 1.29 is 9.90 Å². The number of hydrogen-bond acceptors (Lipinski definition) is 2. The van der Waals surface area contributed by atoms with Gasteiger partial charge in [0.2, 0.25) is 0 Å². The first-order chi connectivity index (χ1) is 7.16. The Balaban J connectivity index is 2.32. The molecule has 0 aliphatic heterocycles. The van der Waals surface area contributed by atoms with Crippen LogP contribution in [0.2, 0.25) is 5.02 Å². The van der Waals surface area contributed by atoms with Gasteiger partial charge < -0.3 is 9.51 Å². The number of aryl methyl sites for hydroxylation is 1. The number of halogens is 1. The predicted octanol–water partition coefficient (Wildman–Crippen LogP) is 2.00. The fourth-order valence-electron chi connectivity index (χ4n) is 1.43. The molecule has 0 aromatic carbocycles. The molecule has 5 heteroatoms. The molecule has 0 unspecified atom stereocenters. The van der Waals surface area contributed by atoms with E-state index in [-0.39, 0.29) is 6.42 Å². The van der Waals surface area contributed by atoms with Crippen LogP contribution in [0.5, 0.6) is 0 Å². The maximum Gasteiger partial charge on any atom is 0.303 e. The standard InChI is InChI=1S/C10H9ClN2O2/c11-7-3-4-13-8(1-2-10(14)15)6-12-9(13)5-7/h3-6H,1-2H2,(H,14,15). The zero-order valence-electron chi connectivity index (χ0n) is 7.85. The Morgan fingerprint density at radius 1 is 1.60 bits per heavy atom. The van der Waals surface area contributed by atoms with Gasteiger partial charge in [0.05, 0.1) is 6.42 Å². The van der Waals surface area contributed by atoms with Crippen LogP contribution in [0.25, 0.3) is 5.65 Å². The van der Waals surface area contributed by atoms with Gasteiger partial charge in [-0.25, -0.2) is 4.98 Å². The van der Waals surface area contributed by atoms with Gasteiger partial charge in [0.1, 0.15) is 5.65 Å². The van der Waals surface area contributed by atoms with Crippen molar-refractivity contribution in [3.05, 3.63) is 35.2 Å². The molecule has 2 aromatic heterocycles. The first-order valence-corrected chi connectivity index (χ1v) is 4.88. The number of rotatable bonds is 3. The monoisotopic (exact) mass is 224 g/mol. The molecule has 0 atom stereocenters. The molecule has 0 spiro atoms. The fourth-order valence-corrected chi connectivity index (χ4v) is 1.58. The van der Waals surface area contributed by atoms with E-state index in [2.05, 4.69) is 4.98 Å². The largest absolute Gasteiger partial charge is 0.481 e. The van der Waals surface area contributed by atoms with Crippen molar-refractivity contribution >= 4 is 23.2 Å². The minimum absolute atomic E-state index is 0.108. The highest BCUT2D eigenvalue weighted by Gasteiger charge is 2.05. The topological polar surface area (TPSA) is 54.6 Å². The van der Waals surface area contributed by atoms with Crippen LogP contribution < -0.4 is 0 Å². The molecule has 0 radical (unpaired) electrons. The lowest BCUT2D eigenvalue weighted by atomic mass is 10.2. The summed E-state index contributed by atoms with van der Waals surface area (Å²) >= 11 is 5.81. The van der Waals surface area contributed by atoms with E-state index < -0.39 is 5.97 Å². The summed E-state index contributed by atoms with van der Waals surface area (Å²) in [6.45, 7) is 0. The van der Waals surface area contributed by atoms with E-state index >= 15 is 0 Å². The third-order valence-corrected chi connectivity index (χ3v) is 2.38. The number of nitrogens with zero attached hydrogens (tertiary/aromatic N) is 2. The molecule has 1 N–H and O–H groups in total. The number of imidazole rings is 1. The quantitative estimate of drug-likeness (QED) is 0.868. The molecule has 15 heavy (non-hydrogen) atoms. The molecular weight excluding hydrogens is 216 g/mol. The molecule has 78 valence electrons. The Morgan fingerprint density at radius 2 is 2.40 bits per heavy atom.